The quantitative estimate of drug-likeness (QED) is 0.399. The van der Waals surface area contributed by atoms with Gasteiger partial charge in [0.15, 0.2) is 10.8 Å². The van der Waals surface area contributed by atoms with E-state index in [2.05, 4.69) is 15.0 Å². The van der Waals surface area contributed by atoms with Crippen LogP contribution >= 0.6 is 11.3 Å². The van der Waals surface area contributed by atoms with Crippen LogP contribution in [-0.2, 0) is 7.05 Å². The molecule has 0 atom stereocenters. The van der Waals surface area contributed by atoms with Gasteiger partial charge in [0, 0.05) is 45.0 Å². The maximum Gasteiger partial charge on any atom is 0.254 e. The van der Waals surface area contributed by atoms with Gasteiger partial charge in [-0.25, -0.2) is 15.0 Å². The summed E-state index contributed by atoms with van der Waals surface area (Å²) in [4.78, 5) is 32.8. The highest BCUT2D eigenvalue weighted by molar-refractivity contribution is 7.21. The lowest BCUT2D eigenvalue weighted by atomic mass is 10.0. The predicted molar refractivity (Wildman–Crippen MR) is 134 cm³/mol. The third-order valence-corrected chi connectivity index (χ3v) is 7.30. The number of fused-ring (bicyclic) bond motifs is 2. The molecule has 1 aliphatic rings. The van der Waals surface area contributed by atoms with Gasteiger partial charge < -0.3 is 9.80 Å². The second-order valence-electron chi connectivity index (χ2n) is 8.43. The monoisotopic (exact) mass is 469 g/mol. The molecule has 0 N–H and O–H groups in total. The zero-order valence-corrected chi connectivity index (χ0v) is 19.8. The average molecular weight is 470 g/mol. The lowest BCUT2D eigenvalue weighted by molar-refractivity contribution is 0.0748. The number of benzene rings is 1. The fourth-order valence-corrected chi connectivity index (χ4v) is 5.50. The molecule has 0 unspecified atom stereocenters. The lowest BCUT2D eigenvalue weighted by Crippen LogP contribution is -2.48. The molecule has 8 nitrogen and oxygen atoms in total. The Labute approximate surface area is 200 Å². The first-order chi connectivity index (χ1) is 16.6. The third kappa shape index (κ3) is 3.49. The molecule has 0 radical (unpaired) electrons. The van der Waals surface area contributed by atoms with E-state index in [0.29, 0.717) is 18.7 Å². The molecule has 4 aromatic heterocycles. The molecular weight excluding hydrogens is 446 g/mol. The van der Waals surface area contributed by atoms with Crippen molar-refractivity contribution in [2.45, 2.75) is 6.92 Å². The third-order valence-electron chi connectivity index (χ3n) is 6.26. The SMILES string of the molecule is Cc1nn(C)c2nc(-c3ccccc3)cc(C(=O)N3CCN(c4nc5cccnc5s4)CC3)c12. The maximum absolute atomic E-state index is 13.8. The molecule has 1 aliphatic heterocycles. The Morgan fingerprint density at radius 3 is 2.56 bits per heavy atom. The number of thiazole rings is 1. The minimum Gasteiger partial charge on any atom is -0.344 e. The van der Waals surface area contributed by atoms with Crippen LogP contribution in [0.15, 0.2) is 54.7 Å². The Bertz CT molecular complexity index is 1480. The first-order valence-electron chi connectivity index (χ1n) is 11.2. The van der Waals surface area contributed by atoms with E-state index >= 15 is 0 Å². The summed E-state index contributed by atoms with van der Waals surface area (Å²) in [7, 11) is 1.87. The van der Waals surface area contributed by atoms with Crippen molar-refractivity contribution in [3.63, 3.8) is 0 Å². The van der Waals surface area contributed by atoms with Crippen LogP contribution < -0.4 is 4.90 Å². The number of nitrogens with zero attached hydrogens (tertiary/aromatic N) is 7. The van der Waals surface area contributed by atoms with Gasteiger partial charge in [0.1, 0.15) is 10.3 Å². The van der Waals surface area contributed by atoms with Crippen molar-refractivity contribution in [1.29, 1.82) is 0 Å². The molecule has 0 spiro atoms. The topological polar surface area (TPSA) is 80.0 Å². The van der Waals surface area contributed by atoms with Crippen molar-refractivity contribution < 1.29 is 4.79 Å². The Balaban J connectivity index is 1.30. The number of pyridine rings is 2. The first-order valence-corrected chi connectivity index (χ1v) is 12.1. The summed E-state index contributed by atoms with van der Waals surface area (Å²) in [6, 6.07) is 15.8. The van der Waals surface area contributed by atoms with Gasteiger partial charge in [-0.05, 0) is 25.1 Å². The van der Waals surface area contributed by atoms with E-state index < -0.39 is 0 Å². The number of hydrogen-bond acceptors (Lipinski definition) is 7. The standard InChI is InChI=1S/C25H23N7OS/c1-16-21-18(15-20(17-7-4-3-5-8-17)27-22(21)30(2)29-16)24(33)31-11-13-32(14-12-31)25-28-19-9-6-10-26-23(19)34-25/h3-10,15H,11-14H2,1-2H3. The van der Waals surface area contributed by atoms with Gasteiger partial charge in [-0.3, -0.25) is 9.48 Å². The Hall–Kier alpha value is -3.85. The van der Waals surface area contributed by atoms with E-state index in [4.69, 9.17) is 9.97 Å². The molecule has 34 heavy (non-hydrogen) atoms. The van der Waals surface area contributed by atoms with Crippen molar-refractivity contribution in [1.82, 2.24) is 29.6 Å². The van der Waals surface area contributed by atoms with Crippen LogP contribution in [0.4, 0.5) is 5.13 Å². The van der Waals surface area contributed by atoms with Gasteiger partial charge >= 0.3 is 0 Å². The summed E-state index contributed by atoms with van der Waals surface area (Å²) in [5.74, 6) is 0.0197. The smallest absolute Gasteiger partial charge is 0.254 e. The minimum atomic E-state index is 0.0197. The van der Waals surface area contributed by atoms with Crippen LogP contribution in [0.2, 0.25) is 0 Å². The first kappa shape index (κ1) is 20.7. The molecule has 1 saturated heterocycles. The number of aromatic nitrogens is 5. The number of rotatable bonds is 3. The minimum absolute atomic E-state index is 0.0197. The molecule has 0 aliphatic carbocycles. The van der Waals surface area contributed by atoms with E-state index in [9.17, 15) is 4.79 Å². The van der Waals surface area contributed by atoms with E-state index in [1.165, 1.54) is 0 Å². The van der Waals surface area contributed by atoms with E-state index in [1.54, 1.807) is 22.2 Å². The van der Waals surface area contributed by atoms with Crippen molar-refractivity contribution >= 4 is 43.8 Å². The normalized spacial score (nSPS) is 14.3. The summed E-state index contributed by atoms with van der Waals surface area (Å²) in [5, 5.41) is 6.33. The van der Waals surface area contributed by atoms with Crippen molar-refractivity contribution in [2.75, 3.05) is 31.1 Å². The molecule has 1 fully saturated rings. The van der Waals surface area contributed by atoms with Crippen LogP contribution in [0.1, 0.15) is 16.1 Å². The van der Waals surface area contributed by atoms with Crippen LogP contribution in [0.5, 0.6) is 0 Å². The summed E-state index contributed by atoms with van der Waals surface area (Å²) in [6.07, 6.45) is 1.79. The zero-order chi connectivity index (χ0) is 23.2. The molecule has 170 valence electrons. The summed E-state index contributed by atoms with van der Waals surface area (Å²) < 4.78 is 1.76. The lowest BCUT2D eigenvalue weighted by Gasteiger charge is -2.34. The van der Waals surface area contributed by atoms with E-state index in [-0.39, 0.29) is 5.91 Å². The number of amides is 1. The highest BCUT2D eigenvalue weighted by Crippen LogP contribution is 2.30. The fraction of sp³-hybridized carbons (Fsp3) is 0.240. The Kier molecular flexibility index (Phi) is 4.99. The van der Waals surface area contributed by atoms with Crippen LogP contribution in [0.25, 0.3) is 32.6 Å². The largest absolute Gasteiger partial charge is 0.344 e. The molecule has 1 amide bonds. The number of carbonyl (C=O) groups excluding carboxylic acids is 1. The summed E-state index contributed by atoms with van der Waals surface area (Å²) >= 11 is 1.60. The van der Waals surface area contributed by atoms with Gasteiger partial charge in [-0.2, -0.15) is 5.10 Å². The number of hydrogen-bond donors (Lipinski definition) is 0. The average Bonchev–Trinajstić information content (AvgIpc) is 3.44. The highest BCUT2D eigenvalue weighted by Gasteiger charge is 2.27. The predicted octanol–water partition coefficient (Wildman–Crippen LogP) is 3.91. The second kappa shape index (κ2) is 8.18. The van der Waals surface area contributed by atoms with E-state index in [1.807, 2.05) is 67.4 Å². The molecular formula is C25H23N7OS. The molecule has 5 aromatic rings. The molecule has 1 aromatic carbocycles. The zero-order valence-electron chi connectivity index (χ0n) is 19.0. The number of carbonyl (C=O) groups is 1. The Morgan fingerprint density at radius 2 is 1.79 bits per heavy atom. The molecule has 6 rings (SSSR count). The Morgan fingerprint density at radius 1 is 1.00 bits per heavy atom. The fourth-order valence-electron chi connectivity index (χ4n) is 4.54. The summed E-state index contributed by atoms with van der Waals surface area (Å²) in [5.41, 5.74) is 4.87. The molecule has 0 bridgehead atoms. The van der Waals surface area contributed by atoms with Crippen molar-refractivity contribution in [2.24, 2.45) is 7.05 Å². The molecule has 5 heterocycles. The molecule has 0 saturated carbocycles. The van der Waals surface area contributed by atoms with Crippen LogP contribution in [-0.4, -0.2) is 61.7 Å². The summed E-state index contributed by atoms with van der Waals surface area (Å²) in [6.45, 7) is 4.66. The van der Waals surface area contributed by atoms with E-state index in [0.717, 1.165) is 56.6 Å². The highest BCUT2D eigenvalue weighted by atomic mass is 32.1. The van der Waals surface area contributed by atoms with Gasteiger partial charge in [-0.15, -0.1) is 0 Å². The van der Waals surface area contributed by atoms with Gasteiger partial charge in [-0.1, -0.05) is 41.7 Å². The van der Waals surface area contributed by atoms with Crippen molar-refractivity contribution in [3.8, 4) is 11.3 Å². The van der Waals surface area contributed by atoms with Crippen molar-refractivity contribution in [3.05, 3.63) is 66.0 Å². The number of aryl methyl sites for hydroxylation is 2. The number of anilines is 1. The maximum atomic E-state index is 13.8. The van der Waals surface area contributed by atoms with Gasteiger partial charge in [0.05, 0.1) is 22.3 Å². The molecule has 9 heteroatoms. The second-order valence-corrected chi connectivity index (χ2v) is 9.39. The van der Waals surface area contributed by atoms with Crippen LogP contribution in [0, 0.1) is 6.92 Å². The van der Waals surface area contributed by atoms with Gasteiger partial charge in [0.2, 0.25) is 0 Å². The van der Waals surface area contributed by atoms with Crippen LogP contribution in [0.3, 0.4) is 0 Å². The van der Waals surface area contributed by atoms with Gasteiger partial charge in [0.25, 0.3) is 5.91 Å². The number of piperazine rings is 1.